The highest BCUT2D eigenvalue weighted by molar-refractivity contribution is 7.92. The van der Waals surface area contributed by atoms with Gasteiger partial charge < -0.3 is 4.74 Å². The van der Waals surface area contributed by atoms with Gasteiger partial charge >= 0.3 is 5.97 Å². The zero-order valence-electron chi connectivity index (χ0n) is 8.96. The second-order valence-corrected chi connectivity index (χ2v) is 3.70. The van der Waals surface area contributed by atoms with Crippen LogP contribution in [-0.2, 0) is 4.74 Å². The summed E-state index contributed by atoms with van der Waals surface area (Å²) in [6.45, 7) is 0. The summed E-state index contributed by atoms with van der Waals surface area (Å²) in [7, 11) is 1.24. The van der Waals surface area contributed by atoms with Gasteiger partial charge in [-0.05, 0) is 0 Å². The van der Waals surface area contributed by atoms with E-state index in [1.54, 1.807) is 0 Å². The Morgan fingerprint density at radius 1 is 1.41 bits per heavy atom. The Balaban J connectivity index is 2.45. The van der Waals surface area contributed by atoms with Crippen molar-refractivity contribution in [3.05, 3.63) is 42.1 Å². The molecule has 6 heteroatoms. The minimum atomic E-state index is -0.621. The Morgan fingerprint density at radius 3 is 2.71 bits per heavy atom. The Labute approximate surface area is 102 Å². The first kappa shape index (κ1) is 11.7. The number of halogens is 1. The molecular weight excluding hydrogens is 243 g/mol. The maximum Gasteiger partial charge on any atom is 0.357 e. The fourth-order valence-electron chi connectivity index (χ4n) is 1.41. The number of aromatic nitrogens is 2. The van der Waals surface area contributed by atoms with Crippen LogP contribution >= 0.6 is 12.3 Å². The van der Waals surface area contributed by atoms with Crippen molar-refractivity contribution in [2.24, 2.45) is 0 Å². The SMILES string of the molecule is COC(=O)c1cc(-c2ccccc2)nn1SF. The van der Waals surface area contributed by atoms with E-state index < -0.39 is 5.97 Å². The summed E-state index contributed by atoms with van der Waals surface area (Å²) in [5.41, 5.74) is 1.40. The smallest absolute Gasteiger partial charge is 0.357 e. The third-order valence-corrected chi connectivity index (χ3v) is 2.62. The van der Waals surface area contributed by atoms with Crippen LogP contribution in [0, 0.1) is 0 Å². The minimum Gasteiger partial charge on any atom is -0.464 e. The topological polar surface area (TPSA) is 44.1 Å². The standard InChI is InChI=1S/C11H9FN2O2S/c1-16-11(15)10-7-9(13-14(10)17-12)8-5-3-2-4-6-8/h2-7H,1H3. The Bertz CT molecular complexity index is 528. The van der Waals surface area contributed by atoms with Crippen molar-refractivity contribution in [2.45, 2.75) is 0 Å². The number of hydrogen-bond acceptors (Lipinski definition) is 4. The molecule has 0 aliphatic carbocycles. The van der Waals surface area contributed by atoms with Crippen LogP contribution in [0.2, 0.25) is 0 Å². The molecule has 0 fully saturated rings. The lowest BCUT2D eigenvalue weighted by molar-refractivity contribution is 0.0592. The van der Waals surface area contributed by atoms with E-state index in [0.717, 1.165) is 9.65 Å². The lowest BCUT2D eigenvalue weighted by atomic mass is 10.1. The van der Waals surface area contributed by atoms with E-state index >= 15 is 0 Å². The Kier molecular flexibility index (Phi) is 3.43. The average molecular weight is 252 g/mol. The zero-order chi connectivity index (χ0) is 12.3. The lowest BCUT2D eigenvalue weighted by Crippen LogP contribution is -2.06. The number of hydrogen-bond donors (Lipinski definition) is 0. The van der Waals surface area contributed by atoms with Crippen LogP contribution in [0.4, 0.5) is 3.89 Å². The van der Waals surface area contributed by atoms with Crippen molar-refractivity contribution in [1.82, 2.24) is 9.19 Å². The number of carbonyl (C=O) groups excluding carboxylic acids is 1. The molecule has 0 unspecified atom stereocenters. The summed E-state index contributed by atoms with van der Waals surface area (Å²) in [4.78, 5) is 11.4. The van der Waals surface area contributed by atoms with E-state index in [1.165, 1.54) is 13.2 Å². The quantitative estimate of drug-likeness (QED) is 0.788. The van der Waals surface area contributed by atoms with E-state index in [1.807, 2.05) is 30.3 Å². The first-order chi connectivity index (χ1) is 8.26. The van der Waals surface area contributed by atoms with Gasteiger partial charge in [-0.25, -0.2) is 4.79 Å². The van der Waals surface area contributed by atoms with Gasteiger partial charge in [0, 0.05) is 11.6 Å². The third-order valence-electron chi connectivity index (χ3n) is 2.21. The highest BCUT2D eigenvalue weighted by Gasteiger charge is 2.17. The monoisotopic (exact) mass is 252 g/mol. The zero-order valence-corrected chi connectivity index (χ0v) is 9.78. The lowest BCUT2D eigenvalue weighted by Gasteiger charge is -1.97. The molecule has 17 heavy (non-hydrogen) atoms. The first-order valence-corrected chi connectivity index (χ1v) is 5.46. The van der Waals surface area contributed by atoms with E-state index in [-0.39, 0.29) is 18.0 Å². The number of nitrogens with zero attached hydrogens (tertiary/aromatic N) is 2. The number of rotatable bonds is 3. The molecule has 4 nitrogen and oxygen atoms in total. The summed E-state index contributed by atoms with van der Waals surface area (Å²) < 4.78 is 18.1. The molecule has 0 spiro atoms. The number of methoxy groups -OCH3 is 1. The van der Waals surface area contributed by atoms with Crippen LogP contribution in [0.3, 0.4) is 0 Å². The number of carbonyl (C=O) groups is 1. The molecule has 0 aliphatic rings. The second-order valence-electron chi connectivity index (χ2n) is 3.21. The van der Waals surface area contributed by atoms with Gasteiger partial charge in [-0.1, -0.05) is 30.3 Å². The van der Waals surface area contributed by atoms with Gasteiger partial charge in [-0.3, -0.25) is 0 Å². The molecule has 1 aromatic heterocycles. The molecule has 88 valence electrons. The van der Waals surface area contributed by atoms with Crippen LogP contribution < -0.4 is 0 Å². The highest BCUT2D eigenvalue weighted by Crippen LogP contribution is 2.22. The van der Waals surface area contributed by atoms with Crippen LogP contribution in [-0.4, -0.2) is 22.3 Å². The van der Waals surface area contributed by atoms with E-state index in [4.69, 9.17) is 0 Å². The summed E-state index contributed by atoms with van der Waals surface area (Å²) in [5, 5.41) is 3.97. The van der Waals surface area contributed by atoms with Gasteiger partial charge in [0.2, 0.25) is 0 Å². The minimum absolute atomic E-state index is 0.0684. The van der Waals surface area contributed by atoms with Gasteiger partial charge in [0.05, 0.1) is 12.8 Å². The van der Waals surface area contributed by atoms with Crippen LogP contribution in [0.5, 0.6) is 0 Å². The summed E-state index contributed by atoms with van der Waals surface area (Å²) in [6.07, 6.45) is 0. The fourth-order valence-corrected chi connectivity index (χ4v) is 1.73. The van der Waals surface area contributed by atoms with Gasteiger partial charge in [-0.2, -0.15) is 9.19 Å². The third kappa shape index (κ3) is 2.31. The fraction of sp³-hybridized carbons (Fsp3) is 0.0909. The van der Waals surface area contributed by atoms with Crippen LogP contribution in [0.25, 0.3) is 11.3 Å². The molecule has 0 saturated carbocycles. The van der Waals surface area contributed by atoms with Crippen molar-refractivity contribution in [1.29, 1.82) is 0 Å². The highest BCUT2D eigenvalue weighted by atomic mass is 32.2. The average Bonchev–Trinajstić information content (AvgIpc) is 2.83. The predicted molar refractivity (Wildman–Crippen MR) is 63.1 cm³/mol. The Hall–Kier alpha value is -1.82. The number of ether oxygens (including phenoxy) is 1. The van der Waals surface area contributed by atoms with Gasteiger partial charge in [0.25, 0.3) is 0 Å². The first-order valence-electron chi connectivity index (χ1n) is 4.79. The van der Waals surface area contributed by atoms with Gasteiger partial charge in [0.15, 0.2) is 18.0 Å². The summed E-state index contributed by atoms with van der Waals surface area (Å²) in [5.74, 6) is -0.621. The molecule has 0 atom stereocenters. The van der Waals surface area contributed by atoms with Crippen molar-refractivity contribution >= 4 is 18.3 Å². The van der Waals surface area contributed by atoms with Crippen LogP contribution in [0.1, 0.15) is 10.5 Å². The van der Waals surface area contributed by atoms with Crippen molar-refractivity contribution in [2.75, 3.05) is 7.11 Å². The van der Waals surface area contributed by atoms with Gasteiger partial charge in [-0.15, -0.1) is 3.89 Å². The number of esters is 1. The summed E-state index contributed by atoms with van der Waals surface area (Å²) in [6, 6.07) is 10.7. The second kappa shape index (κ2) is 5.01. The van der Waals surface area contributed by atoms with Crippen molar-refractivity contribution in [3.63, 3.8) is 0 Å². The molecule has 2 rings (SSSR count). The number of benzene rings is 1. The predicted octanol–water partition coefficient (Wildman–Crippen LogP) is 2.72. The largest absolute Gasteiger partial charge is 0.464 e. The molecule has 0 amide bonds. The van der Waals surface area contributed by atoms with Crippen molar-refractivity contribution in [3.8, 4) is 11.3 Å². The molecule has 0 bridgehead atoms. The molecule has 0 radical (unpaired) electrons. The molecule has 2 aromatic rings. The molecule has 0 saturated heterocycles. The van der Waals surface area contributed by atoms with Crippen LogP contribution in [0.15, 0.2) is 36.4 Å². The maximum absolute atomic E-state index is 12.6. The normalized spacial score (nSPS) is 10.2. The molecular formula is C11H9FN2O2S. The summed E-state index contributed by atoms with van der Waals surface area (Å²) >= 11 is -0.141. The molecule has 0 aliphatic heterocycles. The van der Waals surface area contributed by atoms with E-state index in [9.17, 15) is 8.68 Å². The maximum atomic E-state index is 12.6. The van der Waals surface area contributed by atoms with E-state index in [2.05, 4.69) is 9.84 Å². The molecule has 0 N–H and O–H groups in total. The van der Waals surface area contributed by atoms with E-state index in [0.29, 0.717) is 5.69 Å². The Morgan fingerprint density at radius 2 is 2.12 bits per heavy atom. The van der Waals surface area contributed by atoms with Gasteiger partial charge in [0.1, 0.15) is 0 Å². The van der Waals surface area contributed by atoms with Crippen molar-refractivity contribution < 1.29 is 13.4 Å². The molecule has 1 aromatic carbocycles. The molecule has 1 heterocycles.